The van der Waals surface area contributed by atoms with E-state index >= 15 is 0 Å². The molecular formula is C19H22N2O4. The largest absolute Gasteiger partial charge is 0.507 e. The number of hydrogen-bond acceptors (Lipinski definition) is 5. The first-order valence-electron chi connectivity index (χ1n) is 8.26. The zero-order valence-corrected chi connectivity index (χ0v) is 14.3. The molecule has 1 unspecified atom stereocenters. The second kappa shape index (κ2) is 7.11. The van der Waals surface area contributed by atoms with E-state index in [1.54, 1.807) is 31.5 Å². The third kappa shape index (κ3) is 3.74. The zero-order chi connectivity index (χ0) is 18.0. The highest BCUT2D eigenvalue weighted by atomic mass is 16.5. The molecule has 0 aliphatic heterocycles. The van der Waals surface area contributed by atoms with Crippen molar-refractivity contribution in [3.05, 3.63) is 53.2 Å². The number of aliphatic hydroxyl groups is 1. The lowest BCUT2D eigenvalue weighted by Crippen LogP contribution is -2.41. The SMILES string of the molecule is COc1ccc(C(NC(=O)c2cc(C)ccc2O)C2CC(O)C2)cn1. The molecule has 0 bridgehead atoms. The van der Waals surface area contributed by atoms with Crippen molar-refractivity contribution in [2.45, 2.75) is 31.9 Å². The molecule has 1 saturated carbocycles. The average molecular weight is 342 g/mol. The van der Waals surface area contributed by atoms with Crippen LogP contribution in [0, 0.1) is 12.8 Å². The summed E-state index contributed by atoms with van der Waals surface area (Å²) in [6, 6.07) is 8.24. The first-order valence-corrected chi connectivity index (χ1v) is 8.26. The van der Waals surface area contributed by atoms with Crippen molar-refractivity contribution in [2.75, 3.05) is 7.11 Å². The van der Waals surface area contributed by atoms with E-state index in [1.165, 1.54) is 6.07 Å². The number of phenols is 1. The van der Waals surface area contributed by atoms with E-state index in [1.807, 2.05) is 13.0 Å². The van der Waals surface area contributed by atoms with Gasteiger partial charge >= 0.3 is 0 Å². The third-order valence-electron chi connectivity index (χ3n) is 4.63. The number of carbonyl (C=O) groups excluding carboxylic acids is 1. The van der Waals surface area contributed by atoms with Crippen LogP contribution in [-0.2, 0) is 0 Å². The Morgan fingerprint density at radius 1 is 1.32 bits per heavy atom. The summed E-state index contributed by atoms with van der Waals surface area (Å²) in [5.41, 5.74) is 1.98. The molecule has 1 aromatic carbocycles. The fraction of sp³-hybridized carbons (Fsp3) is 0.368. The molecule has 1 aliphatic rings. The minimum absolute atomic E-state index is 0.0525. The van der Waals surface area contributed by atoms with Gasteiger partial charge in [-0.25, -0.2) is 4.98 Å². The van der Waals surface area contributed by atoms with Crippen LogP contribution in [0.5, 0.6) is 11.6 Å². The highest BCUT2D eigenvalue weighted by molar-refractivity contribution is 5.97. The summed E-state index contributed by atoms with van der Waals surface area (Å²) in [5.74, 6) is 0.228. The number of methoxy groups -OCH3 is 1. The molecule has 0 saturated heterocycles. The number of aryl methyl sites for hydroxylation is 1. The molecule has 3 rings (SSSR count). The number of amides is 1. The van der Waals surface area contributed by atoms with Crippen LogP contribution in [0.15, 0.2) is 36.5 Å². The Kier molecular flexibility index (Phi) is 4.90. The molecule has 1 atom stereocenters. The summed E-state index contributed by atoms with van der Waals surface area (Å²) in [7, 11) is 1.55. The fourth-order valence-corrected chi connectivity index (χ4v) is 3.12. The number of phenolic OH excluding ortho intramolecular Hbond substituents is 1. The summed E-state index contributed by atoms with van der Waals surface area (Å²) in [4.78, 5) is 16.9. The van der Waals surface area contributed by atoms with Crippen molar-refractivity contribution >= 4 is 5.91 Å². The van der Waals surface area contributed by atoms with Crippen LogP contribution in [0.1, 0.15) is 40.4 Å². The van der Waals surface area contributed by atoms with Crippen LogP contribution in [0.2, 0.25) is 0 Å². The Morgan fingerprint density at radius 3 is 2.68 bits per heavy atom. The van der Waals surface area contributed by atoms with Gasteiger partial charge in [0.2, 0.25) is 5.88 Å². The molecule has 2 aromatic rings. The average Bonchev–Trinajstić information content (AvgIpc) is 2.59. The molecule has 0 radical (unpaired) electrons. The maximum absolute atomic E-state index is 12.7. The summed E-state index contributed by atoms with van der Waals surface area (Å²) in [6.45, 7) is 1.86. The number of carbonyl (C=O) groups is 1. The summed E-state index contributed by atoms with van der Waals surface area (Å²) in [6.07, 6.45) is 2.58. The number of rotatable bonds is 5. The first-order chi connectivity index (χ1) is 12.0. The van der Waals surface area contributed by atoms with Crippen molar-refractivity contribution in [3.63, 3.8) is 0 Å². The van der Waals surface area contributed by atoms with E-state index in [9.17, 15) is 15.0 Å². The van der Waals surface area contributed by atoms with E-state index in [-0.39, 0.29) is 35.3 Å². The molecule has 6 nitrogen and oxygen atoms in total. The van der Waals surface area contributed by atoms with E-state index in [2.05, 4.69) is 10.3 Å². The van der Waals surface area contributed by atoms with E-state index in [0.29, 0.717) is 18.7 Å². The Balaban J connectivity index is 1.84. The molecule has 3 N–H and O–H groups in total. The Morgan fingerprint density at radius 2 is 2.08 bits per heavy atom. The summed E-state index contributed by atoms with van der Waals surface area (Å²) in [5, 5.41) is 22.6. The number of ether oxygens (including phenoxy) is 1. The minimum Gasteiger partial charge on any atom is -0.507 e. The first kappa shape index (κ1) is 17.2. The molecule has 1 amide bonds. The Hall–Kier alpha value is -2.60. The number of hydrogen-bond donors (Lipinski definition) is 3. The normalized spacial score (nSPS) is 20.4. The van der Waals surface area contributed by atoms with Gasteiger partial charge in [-0.15, -0.1) is 0 Å². The van der Waals surface area contributed by atoms with Gasteiger partial charge in [0.25, 0.3) is 5.91 Å². The molecule has 132 valence electrons. The highest BCUT2D eigenvalue weighted by Crippen LogP contribution is 2.38. The van der Waals surface area contributed by atoms with Crippen molar-refractivity contribution in [3.8, 4) is 11.6 Å². The quantitative estimate of drug-likeness (QED) is 0.776. The Labute approximate surface area is 146 Å². The number of aliphatic hydroxyl groups excluding tert-OH is 1. The standard InChI is InChI=1S/C19H22N2O4/c1-11-3-5-16(23)15(7-11)19(24)21-18(13-8-14(22)9-13)12-4-6-17(25-2)20-10-12/h3-7,10,13-14,18,22-23H,8-9H2,1-2H3,(H,21,24). The number of benzene rings is 1. The number of nitrogens with one attached hydrogen (secondary N) is 1. The van der Waals surface area contributed by atoms with Gasteiger partial charge in [0.15, 0.2) is 0 Å². The monoisotopic (exact) mass is 342 g/mol. The van der Waals surface area contributed by atoms with Gasteiger partial charge in [-0.2, -0.15) is 0 Å². The van der Waals surface area contributed by atoms with Gasteiger partial charge < -0.3 is 20.3 Å². The Bertz CT molecular complexity index is 755. The van der Waals surface area contributed by atoms with E-state index in [4.69, 9.17) is 4.74 Å². The highest BCUT2D eigenvalue weighted by Gasteiger charge is 2.36. The second-order valence-corrected chi connectivity index (χ2v) is 6.49. The van der Waals surface area contributed by atoms with Crippen LogP contribution in [0.3, 0.4) is 0 Å². The fourth-order valence-electron chi connectivity index (χ4n) is 3.12. The lowest BCUT2D eigenvalue weighted by atomic mass is 9.75. The molecule has 1 aromatic heterocycles. The smallest absolute Gasteiger partial charge is 0.255 e. The number of aromatic hydroxyl groups is 1. The van der Waals surface area contributed by atoms with Gasteiger partial charge in [-0.3, -0.25) is 4.79 Å². The maximum atomic E-state index is 12.7. The molecule has 6 heteroatoms. The van der Waals surface area contributed by atoms with Crippen LogP contribution < -0.4 is 10.1 Å². The second-order valence-electron chi connectivity index (χ2n) is 6.49. The van der Waals surface area contributed by atoms with Crippen LogP contribution in [-0.4, -0.2) is 34.3 Å². The topological polar surface area (TPSA) is 91.7 Å². The number of aromatic nitrogens is 1. The molecule has 0 spiro atoms. The predicted octanol–water partition coefficient (Wildman–Crippen LogP) is 2.35. The summed E-state index contributed by atoms with van der Waals surface area (Å²) < 4.78 is 5.07. The molecule has 25 heavy (non-hydrogen) atoms. The summed E-state index contributed by atoms with van der Waals surface area (Å²) >= 11 is 0. The van der Waals surface area contributed by atoms with Crippen LogP contribution in [0.4, 0.5) is 0 Å². The zero-order valence-electron chi connectivity index (χ0n) is 14.3. The van der Waals surface area contributed by atoms with Crippen molar-refractivity contribution in [2.24, 2.45) is 5.92 Å². The van der Waals surface area contributed by atoms with Gasteiger partial charge in [0.1, 0.15) is 5.75 Å². The molecule has 1 fully saturated rings. The van der Waals surface area contributed by atoms with Crippen molar-refractivity contribution in [1.29, 1.82) is 0 Å². The molecule has 1 heterocycles. The van der Waals surface area contributed by atoms with Crippen LogP contribution >= 0.6 is 0 Å². The van der Waals surface area contributed by atoms with Crippen LogP contribution in [0.25, 0.3) is 0 Å². The molecular weight excluding hydrogens is 320 g/mol. The van der Waals surface area contributed by atoms with E-state index < -0.39 is 0 Å². The van der Waals surface area contributed by atoms with Crippen molar-refractivity contribution in [1.82, 2.24) is 10.3 Å². The van der Waals surface area contributed by atoms with E-state index in [0.717, 1.165) is 11.1 Å². The maximum Gasteiger partial charge on any atom is 0.255 e. The minimum atomic E-state index is -0.344. The lowest BCUT2D eigenvalue weighted by molar-refractivity contribution is 0.0234. The third-order valence-corrected chi connectivity index (χ3v) is 4.63. The molecule has 1 aliphatic carbocycles. The number of pyridine rings is 1. The predicted molar refractivity (Wildman–Crippen MR) is 92.6 cm³/mol. The number of nitrogens with zero attached hydrogens (tertiary/aromatic N) is 1. The van der Waals surface area contributed by atoms with Gasteiger partial charge in [0, 0.05) is 12.3 Å². The van der Waals surface area contributed by atoms with Crippen molar-refractivity contribution < 1.29 is 19.7 Å². The van der Waals surface area contributed by atoms with Gasteiger partial charge in [-0.1, -0.05) is 17.7 Å². The lowest BCUT2D eigenvalue weighted by Gasteiger charge is -2.38. The van der Waals surface area contributed by atoms with Gasteiger partial charge in [0.05, 0.1) is 24.8 Å². The van der Waals surface area contributed by atoms with Gasteiger partial charge in [-0.05, 0) is 43.4 Å².